The van der Waals surface area contributed by atoms with Crippen molar-refractivity contribution >= 4 is 21.6 Å². The van der Waals surface area contributed by atoms with Gasteiger partial charge in [-0.3, -0.25) is 4.79 Å². The van der Waals surface area contributed by atoms with Gasteiger partial charge in [0.1, 0.15) is 5.75 Å². The molecule has 0 fully saturated rings. The van der Waals surface area contributed by atoms with Gasteiger partial charge in [0, 0.05) is 6.54 Å². The van der Waals surface area contributed by atoms with Gasteiger partial charge in [-0.1, -0.05) is 43.7 Å². The molecule has 0 saturated heterocycles. The fraction of sp³-hybridized carbons (Fsp3) is 0.350. The van der Waals surface area contributed by atoms with Crippen LogP contribution in [-0.2, 0) is 21.2 Å². The van der Waals surface area contributed by atoms with Gasteiger partial charge in [0.2, 0.25) is 10.0 Å². The Kier molecular flexibility index (Phi) is 6.13. The number of carbonyl (C=O) groups excluding carboxylic acids is 1. The lowest BCUT2D eigenvalue weighted by Gasteiger charge is -2.26. The molecule has 0 bridgehead atoms. The van der Waals surface area contributed by atoms with E-state index in [9.17, 15) is 13.2 Å². The van der Waals surface area contributed by atoms with Crippen LogP contribution in [0.5, 0.6) is 5.75 Å². The second-order valence-electron chi connectivity index (χ2n) is 6.53. The Morgan fingerprint density at radius 1 is 1.15 bits per heavy atom. The highest BCUT2D eigenvalue weighted by Crippen LogP contribution is 2.32. The summed E-state index contributed by atoms with van der Waals surface area (Å²) in [4.78, 5) is 12.3. The average Bonchev–Trinajstić information content (AvgIpc) is 2.66. The molecule has 3 rings (SSSR count). The fourth-order valence-corrected chi connectivity index (χ4v) is 3.99. The zero-order valence-corrected chi connectivity index (χ0v) is 16.1. The molecule has 144 valence electrons. The molecule has 1 amide bonds. The van der Waals surface area contributed by atoms with Gasteiger partial charge in [-0.05, 0) is 43.0 Å². The van der Waals surface area contributed by atoms with E-state index in [0.717, 1.165) is 18.4 Å². The molecule has 6 nitrogen and oxygen atoms in total. The van der Waals surface area contributed by atoms with E-state index in [1.807, 2.05) is 30.3 Å². The lowest BCUT2D eigenvalue weighted by Crippen LogP contribution is -2.37. The summed E-state index contributed by atoms with van der Waals surface area (Å²) in [5, 5.41) is 2.76. The first kappa shape index (κ1) is 19.4. The highest BCUT2D eigenvalue weighted by Gasteiger charge is 2.28. The number of anilines is 1. The van der Waals surface area contributed by atoms with E-state index >= 15 is 0 Å². The SMILES string of the molecule is CCCC[C@@H]1Oc2ccc(S(=O)(=O)NCCc3ccccc3)cc2NC1=O. The Morgan fingerprint density at radius 2 is 1.93 bits per heavy atom. The summed E-state index contributed by atoms with van der Waals surface area (Å²) < 4.78 is 33.4. The molecule has 0 aliphatic carbocycles. The van der Waals surface area contributed by atoms with Gasteiger partial charge in [0.25, 0.3) is 5.91 Å². The maximum Gasteiger partial charge on any atom is 0.265 e. The predicted molar refractivity (Wildman–Crippen MR) is 104 cm³/mol. The van der Waals surface area contributed by atoms with Gasteiger partial charge in [-0.15, -0.1) is 0 Å². The van der Waals surface area contributed by atoms with Crippen LogP contribution in [0.1, 0.15) is 31.7 Å². The van der Waals surface area contributed by atoms with E-state index in [4.69, 9.17) is 4.74 Å². The number of rotatable bonds is 8. The quantitative estimate of drug-likeness (QED) is 0.728. The zero-order valence-electron chi connectivity index (χ0n) is 15.3. The van der Waals surface area contributed by atoms with Gasteiger partial charge in [0.15, 0.2) is 6.10 Å². The highest BCUT2D eigenvalue weighted by molar-refractivity contribution is 7.89. The van der Waals surface area contributed by atoms with Crippen LogP contribution in [0.15, 0.2) is 53.4 Å². The van der Waals surface area contributed by atoms with E-state index in [1.165, 1.54) is 12.1 Å². The third kappa shape index (κ3) is 4.87. The fourth-order valence-electron chi connectivity index (χ4n) is 2.93. The van der Waals surface area contributed by atoms with Crippen molar-refractivity contribution in [3.05, 3.63) is 54.1 Å². The Labute approximate surface area is 160 Å². The molecule has 1 atom stereocenters. The average molecular weight is 388 g/mol. The number of sulfonamides is 1. The lowest BCUT2D eigenvalue weighted by atomic mass is 10.1. The number of nitrogens with one attached hydrogen (secondary N) is 2. The van der Waals surface area contributed by atoms with Crippen molar-refractivity contribution in [3.8, 4) is 5.75 Å². The van der Waals surface area contributed by atoms with Crippen molar-refractivity contribution in [1.82, 2.24) is 4.72 Å². The van der Waals surface area contributed by atoms with Crippen molar-refractivity contribution in [2.24, 2.45) is 0 Å². The van der Waals surface area contributed by atoms with Gasteiger partial charge in [0.05, 0.1) is 10.6 Å². The van der Waals surface area contributed by atoms with Crippen LogP contribution in [0, 0.1) is 0 Å². The molecular formula is C20H24N2O4S. The summed E-state index contributed by atoms with van der Waals surface area (Å²) >= 11 is 0. The van der Waals surface area contributed by atoms with Crippen molar-refractivity contribution < 1.29 is 17.9 Å². The van der Waals surface area contributed by atoms with Crippen LogP contribution in [-0.4, -0.2) is 27.0 Å². The number of carbonyl (C=O) groups is 1. The van der Waals surface area contributed by atoms with Crippen LogP contribution in [0.2, 0.25) is 0 Å². The maximum atomic E-state index is 12.5. The van der Waals surface area contributed by atoms with E-state index in [-0.39, 0.29) is 10.8 Å². The van der Waals surface area contributed by atoms with Gasteiger partial charge >= 0.3 is 0 Å². The minimum atomic E-state index is -3.67. The normalized spacial score (nSPS) is 16.3. The molecule has 0 radical (unpaired) electrons. The van der Waals surface area contributed by atoms with Crippen LogP contribution >= 0.6 is 0 Å². The van der Waals surface area contributed by atoms with E-state index in [1.54, 1.807) is 6.07 Å². The van der Waals surface area contributed by atoms with E-state index in [0.29, 0.717) is 30.8 Å². The molecular weight excluding hydrogens is 364 g/mol. The maximum absolute atomic E-state index is 12.5. The molecule has 27 heavy (non-hydrogen) atoms. The Morgan fingerprint density at radius 3 is 2.67 bits per heavy atom. The van der Waals surface area contributed by atoms with Gasteiger partial charge < -0.3 is 10.1 Å². The standard InChI is InChI=1S/C20H24N2O4S/c1-2-3-9-19-20(23)22-17-14-16(10-11-18(17)26-19)27(24,25)21-13-12-15-7-5-4-6-8-15/h4-8,10-11,14,19,21H,2-3,9,12-13H2,1H3,(H,22,23)/t19-/m0/s1. The van der Waals surface area contributed by atoms with Gasteiger partial charge in [-0.25, -0.2) is 13.1 Å². The molecule has 0 aromatic heterocycles. The minimum Gasteiger partial charge on any atom is -0.478 e. The number of hydrogen-bond donors (Lipinski definition) is 2. The Hall–Kier alpha value is -2.38. The molecule has 0 saturated carbocycles. The minimum absolute atomic E-state index is 0.102. The second-order valence-corrected chi connectivity index (χ2v) is 8.30. The number of amides is 1. The number of unbranched alkanes of at least 4 members (excludes halogenated alkanes) is 1. The molecule has 2 N–H and O–H groups in total. The summed E-state index contributed by atoms with van der Waals surface area (Å²) in [5.74, 6) is 0.265. The Bertz CT molecular complexity index is 897. The van der Waals surface area contributed by atoms with Crippen LogP contribution in [0.4, 0.5) is 5.69 Å². The largest absolute Gasteiger partial charge is 0.478 e. The highest BCUT2D eigenvalue weighted by atomic mass is 32.2. The van der Waals surface area contributed by atoms with Crippen molar-refractivity contribution in [3.63, 3.8) is 0 Å². The monoisotopic (exact) mass is 388 g/mol. The number of hydrogen-bond acceptors (Lipinski definition) is 4. The summed E-state index contributed by atoms with van der Waals surface area (Å²) in [7, 11) is -3.67. The third-order valence-corrected chi connectivity index (χ3v) is 5.91. The third-order valence-electron chi connectivity index (χ3n) is 4.45. The number of ether oxygens (including phenoxy) is 1. The Balaban J connectivity index is 1.67. The number of benzene rings is 2. The van der Waals surface area contributed by atoms with Crippen molar-refractivity contribution in [2.45, 2.75) is 43.6 Å². The van der Waals surface area contributed by atoms with E-state index in [2.05, 4.69) is 17.0 Å². The predicted octanol–water partition coefficient (Wildman–Crippen LogP) is 3.10. The lowest BCUT2D eigenvalue weighted by molar-refractivity contribution is -0.123. The molecule has 1 heterocycles. The zero-order chi connectivity index (χ0) is 19.3. The topological polar surface area (TPSA) is 84.5 Å². The summed E-state index contributed by atoms with van der Waals surface area (Å²) in [6.07, 6.45) is 2.59. The molecule has 0 unspecified atom stereocenters. The first-order valence-electron chi connectivity index (χ1n) is 9.15. The smallest absolute Gasteiger partial charge is 0.265 e. The molecule has 0 spiro atoms. The number of fused-ring (bicyclic) bond motifs is 1. The van der Waals surface area contributed by atoms with Crippen LogP contribution in [0.25, 0.3) is 0 Å². The summed E-state index contributed by atoms with van der Waals surface area (Å²) in [5.41, 5.74) is 1.45. The van der Waals surface area contributed by atoms with Crippen LogP contribution < -0.4 is 14.8 Å². The molecule has 1 aliphatic heterocycles. The summed E-state index contributed by atoms with van der Waals surface area (Å²) in [6, 6.07) is 14.2. The molecule has 2 aromatic rings. The molecule has 2 aromatic carbocycles. The first-order chi connectivity index (χ1) is 13.0. The van der Waals surface area contributed by atoms with Crippen molar-refractivity contribution in [2.75, 3.05) is 11.9 Å². The second kappa shape index (κ2) is 8.54. The van der Waals surface area contributed by atoms with Crippen molar-refractivity contribution in [1.29, 1.82) is 0 Å². The summed E-state index contributed by atoms with van der Waals surface area (Å²) in [6.45, 7) is 2.35. The first-order valence-corrected chi connectivity index (χ1v) is 10.6. The van der Waals surface area contributed by atoms with Crippen LogP contribution in [0.3, 0.4) is 0 Å². The van der Waals surface area contributed by atoms with E-state index < -0.39 is 16.1 Å². The molecule has 1 aliphatic rings. The van der Waals surface area contributed by atoms with Gasteiger partial charge in [-0.2, -0.15) is 0 Å². The molecule has 7 heteroatoms.